The first-order chi connectivity index (χ1) is 19.4. The fraction of sp³-hybridized carbons (Fsp3) is 0.308. The van der Waals surface area contributed by atoms with Crippen molar-refractivity contribution in [3.63, 3.8) is 0 Å². The van der Waals surface area contributed by atoms with E-state index in [0.717, 1.165) is 31.5 Å². The first-order valence-corrected chi connectivity index (χ1v) is 14.8. The van der Waals surface area contributed by atoms with Crippen LogP contribution in [-0.2, 0) is 21.2 Å². The van der Waals surface area contributed by atoms with Gasteiger partial charge in [0.1, 0.15) is 21.9 Å². The van der Waals surface area contributed by atoms with Gasteiger partial charge in [0.25, 0.3) is 0 Å². The Labute approximate surface area is 244 Å². The Morgan fingerprint density at radius 2 is 1.76 bits per heavy atom. The van der Waals surface area contributed by atoms with E-state index >= 15 is 0 Å². The van der Waals surface area contributed by atoms with E-state index in [4.69, 9.17) is 37.4 Å². The molecule has 1 atom stereocenters. The molecule has 2 aromatic carbocycles. The highest BCUT2D eigenvalue weighted by Crippen LogP contribution is 2.38. The molecule has 1 aliphatic carbocycles. The number of nitrogens with one attached hydrogen (secondary N) is 1. The van der Waals surface area contributed by atoms with Crippen molar-refractivity contribution < 1.29 is 45.7 Å². The second-order valence-electron chi connectivity index (χ2n) is 9.19. The summed E-state index contributed by atoms with van der Waals surface area (Å²) in [6.45, 7) is -2.80. The van der Waals surface area contributed by atoms with Crippen LogP contribution in [0.2, 0.25) is 10.0 Å². The molecular formula is C26H24Cl2F2N2O8S. The summed E-state index contributed by atoms with van der Waals surface area (Å²) in [6.07, 6.45) is 2.66. The van der Waals surface area contributed by atoms with Crippen molar-refractivity contribution >= 4 is 45.1 Å². The lowest BCUT2D eigenvalue weighted by Crippen LogP contribution is -2.26. The molecule has 0 saturated heterocycles. The van der Waals surface area contributed by atoms with Gasteiger partial charge in [-0.3, -0.25) is 4.72 Å². The van der Waals surface area contributed by atoms with E-state index in [-0.39, 0.29) is 45.0 Å². The molecule has 220 valence electrons. The molecule has 1 fully saturated rings. The molecule has 1 heterocycles. The van der Waals surface area contributed by atoms with Gasteiger partial charge in [0, 0.05) is 17.7 Å². The highest BCUT2D eigenvalue weighted by atomic mass is 35.5. The van der Waals surface area contributed by atoms with Crippen molar-refractivity contribution in [2.24, 2.45) is 5.92 Å². The Balaban J connectivity index is 1.60. The number of anilines is 1. The highest BCUT2D eigenvalue weighted by Gasteiger charge is 2.27. The zero-order valence-corrected chi connectivity index (χ0v) is 23.7. The van der Waals surface area contributed by atoms with Gasteiger partial charge in [0.05, 0.1) is 12.9 Å². The number of carbonyl (C=O) groups excluding carboxylic acids is 1. The summed E-state index contributed by atoms with van der Waals surface area (Å²) in [5.74, 6) is 0.176. The highest BCUT2D eigenvalue weighted by molar-refractivity contribution is 7.92. The van der Waals surface area contributed by atoms with E-state index in [2.05, 4.69) is 9.46 Å². The van der Waals surface area contributed by atoms with E-state index in [0.29, 0.717) is 22.8 Å². The van der Waals surface area contributed by atoms with E-state index in [1.807, 2.05) is 0 Å². The van der Waals surface area contributed by atoms with Crippen molar-refractivity contribution in [3.05, 3.63) is 81.2 Å². The molecule has 0 unspecified atom stereocenters. The second kappa shape index (κ2) is 13.0. The number of aromatic nitrogens is 1. The number of hydrogen-bond acceptors (Lipinski definition) is 8. The summed E-state index contributed by atoms with van der Waals surface area (Å²) in [6, 6.07) is 9.54. The molecule has 1 aliphatic rings. The molecule has 3 aromatic rings. The zero-order chi connectivity index (χ0) is 29.7. The molecule has 41 heavy (non-hydrogen) atoms. The van der Waals surface area contributed by atoms with Crippen LogP contribution in [0.3, 0.4) is 0 Å². The number of pyridine rings is 1. The quantitative estimate of drug-likeness (QED) is 0.113. The number of halogens is 4. The number of nitrogens with zero attached hydrogens (tertiary/aromatic N) is 1. The van der Waals surface area contributed by atoms with Crippen molar-refractivity contribution in [3.8, 4) is 17.2 Å². The first-order valence-electron chi connectivity index (χ1n) is 12.1. The van der Waals surface area contributed by atoms with Crippen LogP contribution in [-0.4, -0.2) is 34.0 Å². The average molecular weight is 633 g/mol. The molecule has 0 aliphatic heterocycles. The molecule has 0 radical (unpaired) electrons. The molecule has 15 heteroatoms. The van der Waals surface area contributed by atoms with Crippen LogP contribution >= 0.6 is 23.2 Å². The van der Waals surface area contributed by atoms with Crippen LogP contribution < -0.4 is 23.7 Å². The summed E-state index contributed by atoms with van der Waals surface area (Å²) >= 11 is 12.5. The fourth-order valence-electron chi connectivity index (χ4n) is 3.70. The first kappa shape index (κ1) is 30.4. The lowest BCUT2D eigenvalue weighted by atomic mass is 10.0. The van der Waals surface area contributed by atoms with Gasteiger partial charge in [-0.25, -0.2) is 13.2 Å². The minimum atomic E-state index is -3.50. The predicted octanol–water partition coefficient (Wildman–Crippen LogP) is 5.89. The molecule has 4 rings (SSSR count). The monoisotopic (exact) mass is 632 g/mol. The normalized spacial score (nSPS) is 13.9. The van der Waals surface area contributed by atoms with Gasteiger partial charge in [-0.1, -0.05) is 29.3 Å². The molecule has 0 amide bonds. The number of sulfonamides is 1. The molecule has 1 aromatic heterocycles. The van der Waals surface area contributed by atoms with Crippen molar-refractivity contribution in [1.29, 1.82) is 0 Å². The van der Waals surface area contributed by atoms with Gasteiger partial charge >= 0.3 is 12.8 Å². The summed E-state index contributed by atoms with van der Waals surface area (Å²) in [5.41, 5.74) is 0.843. The zero-order valence-electron chi connectivity index (χ0n) is 21.4. The maximum absolute atomic E-state index is 13.0. The van der Waals surface area contributed by atoms with E-state index in [1.165, 1.54) is 42.5 Å². The van der Waals surface area contributed by atoms with Gasteiger partial charge < -0.3 is 24.2 Å². The Morgan fingerprint density at radius 3 is 2.34 bits per heavy atom. The van der Waals surface area contributed by atoms with Crippen LogP contribution in [0.1, 0.15) is 30.1 Å². The summed E-state index contributed by atoms with van der Waals surface area (Å²) in [7, 11) is -3.50. The van der Waals surface area contributed by atoms with Crippen LogP contribution in [0.4, 0.5) is 19.3 Å². The van der Waals surface area contributed by atoms with Crippen molar-refractivity contribution in [1.82, 2.24) is 0 Å². The van der Waals surface area contributed by atoms with Crippen LogP contribution in [0.5, 0.6) is 17.2 Å². The number of rotatable bonds is 12. The Morgan fingerprint density at radius 1 is 1.10 bits per heavy atom. The maximum Gasteiger partial charge on any atom is 0.514 e. The van der Waals surface area contributed by atoms with Crippen LogP contribution in [0, 0.1) is 11.1 Å². The van der Waals surface area contributed by atoms with Crippen LogP contribution in [0.25, 0.3) is 0 Å². The second-order valence-corrected chi connectivity index (χ2v) is 11.8. The standard InChI is InChI=1S/C26H24Cl2F2N2O8S/c1-41(35,36)31-17-5-7-18(8-6-17)38-26(33)40-23(11-19-20(27)12-32(34)13-21(19)28)16-4-9-22(39-25(29)30)24(10-16)37-14-15-2-3-15/h4-10,12-13,15,23,25,31H,2-3,11,14H2,1H3/t23-/m0/s1. The number of hydrogen-bond donors (Lipinski definition) is 1. The van der Waals surface area contributed by atoms with Gasteiger partial charge in [-0.05, 0) is 60.7 Å². The largest absolute Gasteiger partial charge is 0.619 e. The number of carbonyl (C=O) groups is 1. The van der Waals surface area contributed by atoms with E-state index < -0.39 is 28.9 Å². The Kier molecular flexibility index (Phi) is 9.61. The molecule has 10 nitrogen and oxygen atoms in total. The van der Waals surface area contributed by atoms with Gasteiger partial charge in [0.15, 0.2) is 23.9 Å². The number of benzene rings is 2. The summed E-state index contributed by atoms with van der Waals surface area (Å²) in [5, 5.41) is 11.7. The lowest BCUT2D eigenvalue weighted by Gasteiger charge is -2.21. The third-order valence-electron chi connectivity index (χ3n) is 5.77. The molecule has 0 spiro atoms. The Bertz CT molecular complexity index is 1480. The summed E-state index contributed by atoms with van der Waals surface area (Å²) < 4.78 is 72.7. The molecule has 1 saturated carbocycles. The lowest BCUT2D eigenvalue weighted by molar-refractivity contribution is -0.605. The predicted molar refractivity (Wildman–Crippen MR) is 145 cm³/mol. The number of alkyl halides is 2. The minimum absolute atomic E-state index is 0.00583. The topological polar surface area (TPSA) is 127 Å². The fourth-order valence-corrected chi connectivity index (χ4v) is 4.87. The van der Waals surface area contributed by atoms with Crippen molar-refractivity contribution in [2.75, 3.05) is 17.6 Å². The van der Waals surface area contributed by atoms with Gasteiger partial charge in [0.2, 0.25) is 10.0 Å². The summed E-state index contributed by atoms with van der Waals surface area (Å²) in [4.78, 5) is 12.8. The third kappa shape index (κ3) is 9.23. The Hall–Kier alpha value is -3.55. The average Bonchev–Trinajstić information content (AvgIpc) is 3.69. The molecule has 0 bridgehead atoms. The van der Waals surface area contributed by atoms with E-state index in [1.54, 1.807) is 0 Å². The molecular weight excluding hydrogens is 609 g/mol. The van der Waals surface area contributed by atoms with Gasteiger partial charge in [-0.2, -0.15) is 13.5 Å². The minimum Gasteiger partial charge on any atom is -0.619 e. The van der Waals surface area contributed by atoms with E-state index in [9.17, 15) is 27.2 Å². The van der Waals surface area contributed by atoms with Crippen LogP contribution in [0.15, 0.2) is 54.9 Å². The maximum atomic E-state index is 13.0. The number of ether oxygens (including phenoxy) is 4. The van der Waals surface area contributed by atoms with Gasteiger partial charge in [-0.15, -0.1) is 0 Å². The molecule has 1 N–H and O–H groups in total. The smallest absolute Gasteiger partial charge is 0.514 e. The van der Waals surface area contributed by atoms with Crippen molar-refractivity contribution in [2.45, 2.75) is 32.0 Å². The SMILES string of the molecule is CS(=O)(=O)Nc1ccc(OC(=O)O[C@@H](Cc2c(Cl)c[n+]([O-])cc2Cl)c2ccc(OC(F)F)c(OCC3CC3)c2)cc1. The third-order valence-corrected chi connectivity index (χ3v) is 7.03.